The Labute approximate surface area is 129 Å². The molecular formula is C15H16N4O2S. The van der Waals surface area contributed by atoms with E-state index in [1.165, 1.54) is 6.20 Å². The lowest BCUT2D eigenvalue weighted by Crippen LogP contribution is -2.16. The van der Waals surface area contributed by atoms with Crippen molar-refractivity contribution in [2.24, 2.45) is 0 Å². The zero-order chi connectivity index (χ0) is 16.0. The molecule has 0 bridgehead atoms. The highest BCUT2D eigenvalue weighted by Crippen LogP contribution is 2.20. The number of sulfonamides is 1. The summed E-state index contributed by atoms with van der Waals surface area (Å²) in [6.45, 7) is 1.80. The van der Waals surface area contributed by atoms with Crippen molar-refractivity contribution >= 4 is 27.2 Å². The Morgan fingerprint density at radius 2 is 2.00 bits per heavy atom. The molecule has 0 amide bonds. The Balaban J connectivity index is 2.11. The Kier molecular flexibility index (Phi) is 4.96. The van der Waals surface area contributed by atoms with Crippen LogP contribution in [-0.2, 0) is 10.0 Å². The lowest BCUT2D eigenvalue weighted by atomic mass is 10.2. The molecule has 2 rings (SSSR count). The minimum Gasteiger partial charge on any atom is -0.339 e. The third-order valence-electron chi connectivity index (χ3n) is 2.82. The fourth-order valence-corrected chi connectivity index (χ4v) is 2.97. The maximum atomic E-state index is 11.7. The minimum atomic E-state index is -3.32. The van der Waals surface area contributed by atoms with Gasteiger partial charge in [-0.25, -0.2) is 13.4 Å². The second kappa shape index (κ2) is 6.91. The maximum absolute atomic E-state index is 11.7. The third kappa shape index (κ3) is 4.20. The molecular weight excluding hydrogens is 300 g/mol. The van der Waals surface area contributed by atoms with Gasteiger partial charge < -0.3 is 5.32 Å². The van der Waals surface area contributed by atoms with Crippen LogP contribution < -0.4 is 10.0 Å². The molecule has 22 heavy (non-hydrogen) atoms. The van der Waals surface area contributed by atoms with E-state index >= 15 is 0 Å². The summed E-state index contributed by atoms with van der Waals surface area (Å²) in [7, 11) is -3.32. The summed E-state index contributed by atoms with van der Waals surface area (Å²) in [6, 6.07) is 12.4. The number of pyridine rings is 1. The van der Waals surface area contributed by atoms with E-state index in [4.69, 9.17) is 5.26 Å². The smallest absolute Gasteiger partial charge is 0.232 e. The molecule has 114 valence electrons. The Hall–Kier alpha value is -2.59. The van der Waals surface area contributed by atoms with Crippen LogP contribution >= 0.6 is 0 Å². The average Bonchev–Trinajstić information content (AvgIpc) is 2.49. The van der Waals surface area contributed by atoms with Crippen molar-refractivity contribution in [2.45, 2.75) is 13.3 Å². The summed E-state index contributed by atoms with van der Waals surface area (Å²) in [5.41, 5.74) is 1.57. The summed E-state index contributed by atoms with van der Waals surface area (Å²) in [6.07, 6.45) is 1.98. The predicted molar refractivity (Wildman–Crippen MR) is 86.4 cm³/mol. The monoisotopic (exact) mass is 316 g/mol. The van der Waals surface area contributed by atoms with Gasteiger partial charge in [0.2, 0.25) is 10.0 Å². The van der Waals surface area contributed by atoms with Crippen LogP contribution in [0.3, 0.4) is 0 Å². The third-order valence-corrected chi connectivity index (χ3v) is 4.31. The first-order chi connectivity index (χ1) is 10.5. The molecule has 0 saturated heterocycles. The van der Waals surface area contributed by atoms with Crippen LogP contribution in [0.5, 0.6) is 0 Å². The SMILES string of the molecule is CCCS(=O)(=O)Nc1ccc(Nc2ccccc2C#N)nc1. The first kappa shape index (κ1) is 15.8. The van der Waals surface area contributed by atoms with E-state index in [0.717, 1.165) is 0 Å². The molecule has 0 fully saturated rings. The lowest BCUT2D eigenvalue weighted by molar-refractivity contribution is 0.600. The van der Waals surface area contributed by atoms with Crippen LogP contribution in [0.25, 0.3) is 0 Å². The normalized spacial score (nSPS) is 10.7. The van der Waals surface area contributed by atoms with Crippen molar-refractivity contribution in [3.63, 3.8) is 0 Å². The topological polar surface area (TPSA) is 94.9 Å². The van der Waals surface area contributed by atoms with Crippen molar-refractivity contribution < 1.29 is 8.42 Å². The molecule has 2 N–H and O–H groups in total. The van der Waals surface area contributed by atoms with Gasteiger partial charge >= 0.3 is 0 Å². The molecule has 0 unspecified atom stereocenters. The van der Waals surface area contributed by atoms with Gasteiger partial charge in [0.15, 0.2) is 0 Å². The molecule has 0 atom stereocenters. The van der Waals surface area contributed by atoms with Gasteiger partial charge in [0.05, 0.1) is 28.9 Å². The number of aromatic nitrogens is 1. The van der Waals surface area contributed by atoms with Crippen molar-refractivity contribution in [1.82, 2.24) is 4.98 Å². The van der Waals surface area contributed by atoms with Crippen LogP contribution in [0.4, 0.5) is 17.2 Å². The molecule has 1 aromatic heterocycles. The predicted octanol–water partition coefficient (Wildman–Crippen LogP) is 2.85. The van der Waals surface area contributed by atoms with Crippen LogP contribution in [0.2, 0.25) is 0 Å². The second-order valence-corrected chi connectivity index (χ2v) is 6.48. The number of nitriles is 1. The van der Waals surface area contributed by atoms with Crippen LogP contribution in [0.15, 0.2) is 42.6 Å². The molecule has 0 aliphatic heterocycles. The van der Waals surface area contributed by atoms with Gasteiger partial charge in [0, 0.05) is 0 Å². The van der Waals surface area contributed by atoms with Gasteiger partial charge in [0.25, 0.3) is 0 Å². The maximum Gasteiger partial charge on any atom is 0.232 e. The largest absolute Gasteiger partial charge is 0.339 e. The van der Waals surface area contributed by atoms with E-state index in [9.17, 15) is 8.42 Å². The average molecular weight is 316 g/mol. The molecule has 0 radical (unpaired) electrons. The van der Waals surface area contributed by atoms with Crippen molar-refractivity contribution in [3.05, 3.63) is 48.2 Å². The number of para-hydroxylation sites is 1. The molecule has 2 aromatic rings. The zero-order valence-corrected chi connectivity index (χ0v) is 12.9. The summed E-state index contributed by atoms with van der Waals surface area (Å²) in [5.74, 6) is 0.601. The first-order valence-electron chi connectivity index (χ1n) is 6.77. The van der Waals surface area contributed by atoms with Gasteiger partial charge in [-0.05, 0) is 30.7 Å². The summed E-state index contributed by atoms with van der Waals surface area (Å²) >= 11 is 0. The number of rotatable bonds is 6. The van der Waals surface area contributed by atoms with E-state index in [1.807, 2.05) is 6.07 Å². The van der Waals surface area contributed by atoms with Gasteiger partial charge in [-0.2, -0.15) is 5.26 Å². The van der Waals surface area contributed by atoms with Crippen LogP contribution in [0.1, 0.15) is 18.9 Å². The quantitative estimate of drug-likeness (QED) is 0.854. The fourth-order valence-electron chi connectivity index (χ4n) is 1.86. The van der Waals surface area contributed by atoms with Crippen LogP contribution in [-0.4, -0.2) is 19.2 Å². The molecule has 0 spiro atoms. The number of nitrogens with one attached hydrogen (secondary N) is 2. The molecule has 0 saturated carbocycles. The minimum absolute atomic E-state index is 0.0720. The van der Waals surface area contributed by atoms with Crippen molar-refractivity contribution in [3.8, 4) is 6.07 Å². The number of anilines is 3. The van der Waals surface area contributed by atoms with Gasteiger partial charge in [-0.15, -0.1) is 0 Å². The first-order valence-corrected chi connectivity index (χ1v) is 8.42. The highest BCUT2D eigenvalue weighted by atomic mass is 32.2. The highest BCUT2D eigenvalue weighted by Gasteiger charge is 2.09. The lowest BCUT2D eigenvalue weighted by Gasteiger charge is -2.09. The van der Waals surface area contributed by atoms with E-state index in [1.54, 1.807) is 37.3 Å². The molecule has 1 heterocycles. The number of hydrogen-bond donors (Lipinski definition) is 2. The molecule has 0 aliphatic rings. The van der Waals surface area contributed by atoms with E-state index < -0.39 is 10.0 Å². The molecule has 6 nitrogen and oxygen atoms in total. The summed E-state index contributed by atoms with van der Waals surface area (Å²) in [5, 5.41) is 12.1. The Bertz CT molecular complexity index is 780. The zero-order valence-electron chi connectivity index (χ0n) is 12.1. The number of nitrogens with zero attached hydrogens (tertiary/aromatic N) is 2. The molecule has 0 aliphatic carbocycles. The summed E-state index contributed by atoms with van der Waals surface area (Å²) < 4.78 is 25.8. The van der Waals surface area contributed by atoms with Crippen molar-refractivity contribution in [2.75, 3.05) is 15.8 Å². The van der Waals surface area contributed by atoms with Gasteiger partial charge in [-0.1, -0.05) is 19.1 Å². The van der Waals surface area contributed by atoms with E-state index in [2.05, 4.69) is 21.1 Å². The Morgan fingerprint density at radius 3 is 2.64 bits per heavy atom. The summed E-state index contributed by atoms with van der Waals surface area (Å²) in [4.78, 5) is 4.15. The molecule has 1 aromatic carbocycles. The van der Waals surface area contributed by atoms with Crippen molar-refractivity contribution in [1.29, 1.82) is 5.26 Å². The van der Waals surface area contributed by atoms with E-state index in [-0.39, 0.29) is 5.75 Å². The van der Waals surface area contributed by atoms with E-state index in [0.29, 0.717) is 29.2 Å². The molecule has 7 heteroatoms. The van der Waals surface area contributed by atoms with Gasteiger partial charge in [-0.3, -0.25) is 4.72 Å². The number of hydrogen-bond acceptors (Lipinski definition) is 5. The highest BCUT2D eigenvalue weighted by molar-refractivity contribution is 7.92. The van der Waals surface area contributed by atoms with Gasteiger partial charge in [0.1, 0.15) is 11.9 Å². The Morgan fingerprint density at radius 1 is 1.23 bits per heavy atom. The fraction of sp³-hybridized carbons (Fsp3) is 0.200. The van der Waals surface area contributed by atoms with Crippen LogP contribution in [0, 0.1) is 11.3 Å². The number of benzene rings is 1. The standard InChI is InChI=1S/C15H16N4O2S/c1-2-9-22(20,21)19-13-7-8-15(17-11-13)18-14-6-4-3-5-12(14)10-16/h3-8,11,19H,2,9H2,1H3,(H,17,18). The second-order valence-electron chi connectivity index (χ2n) is 4.64.